The van der Waals surface area contributed by atoms with E-state index >= 15 is 0 Å². The summed E-state index contributed by atoms with van der Waals surface area (Å²) >= 11 is 0. The number of hydrogen-bond acceptors (Lipinski definition) is 3. The molecular weight excluding hydrogens is 178 g/mol. The van der Waals surface area contributed by atoms with E-state index in [9.17, 15) is 5.11 Å². The van der Waals surface area contributed by atoms with Gasteiger partial charge in [0, 0.05) is 19.1 Å². The first-order chi connectivity index (χ1) is 6.76. The molecular formula is C11H21NO2. The molecule has 3 nitrogen and oxygen atoms in total. The molecule has 14 heavy (non-hydrogen) atoms. The maximum absolute atomic E-state index is 10.4. The Balaban J connectivity index is 2.01. The molecule has 1 saturated carbocycles. The summed E-state index contributed by atoms with van der Waals surface area (Å²) in [4.78, 5) is 2.42. The molecule has 0 radical (unpaired) electrons. The summed E-state index contributed by atoms with van der Waals surface area (Å²) in [6.07, 6.45) is 4.19. The predicted octanol–water partition coefficient (Wildman–Crippen LogP) is 1.01. The Kier molecular flexibility index (Phi) is 3.10. The number of rotatable bonds is 2. The monoisotopic (exact) mass is 199 g/mol. The Morgan fingerprint density at radius 1 is 1.43 bits per heavy atom. The minimum atomic E-state index is -0.419. The summed E-state index contributed by atoms with van der Waals surface area (Å²) in [5.74, 6) is 0. The molecule has 0 aromatic rings. The molecule has 2 rings (SSSR count). The van der Waals surface area contributed by atoms with Crippen LogP contribution in [-0.4, -0.2) is 48.0 Å². The van der Waals surface area contributed by atoms with E-state index in [0.29, 0.717) is 6.04 Å². The average molecular weight is 199 g/mol. The van der Waals surface area contributed by atoms with E-state index in [1.807, 2.05) is 0 Å². The topological polar surface area (TPSA) is 32.7 Å². The fourth-order valence-corrected chi connectivity index (χ4v) is 2.86. The molecule has 3 heteroatoms. The van der Waals surface area contributed by atoms with Crippen molar-refractivity contribution in [1.29, 1.82) is 0 Å². The fourth-order valence-electron chi connectivity index (χ4n) is 2.86. The van der Waals surface area contributed by atoms with Crippen molar-refractivity contribution in [2.45, 2.75) is 44.2 Å². The third kappa shape index (κ3) is 1.81. The minimum Gasteiger partial charge on any atom is -0.388 e. The second-order valence-electron chi connectivity index (χ2n) is 4.51. The zero-order valence-electron chi connectivity index (χ0n) is 9.04. The molecule has 2 unspecified atom stereocenters. The van der Waals surface area contributed by atoms with Crippen molar-refractivity contribution < 1.29 is 9.84 Å². The molecule has 0 bridgehead atoms. The van der Waals surface area contributed by atoms with Gasteiger partial charge in [0.1, 0.15) is 0 Å². The van der Waals surface area contributed by atoms with Crippen molar-refractivity contribution in [2.75, 3.05) is 26.3 Å². The highest BCUT2D eigenvalue weighted by Crippen LogP contribution is 2.36. The van der Waals surface area contributed by atoms with Crippen molar-refractivity contribution in [3.8, 4) is 0 Å². The van der Waals surface area contributed by atoms with E-state index in [-0.39, 0.29) is 0 Å². The average Bonchev–Trinajstić information content (AvgIpc) is 2.63. The van der Waals surface area contributed by atoms with Gasteiger partial charge in [-0.25, -0.2) is 0 Å². The maximum Gasteiger partial charge on any atom is 0.0799 e. The van der Waals surface area contributed by atoms with E-state index in [2.05, 4.69) is 11.8 Å². The molecule has 0 aromatic carbocycles. The SMILES string of the molecule is CCC1(O)CCCC1N1CCOCC1. The zero-order valence-corrected chi connectivity index (χ0v) is 9.04. The van der Waals surface area contributed by atoms with Gasteiger partial charge >= 0.3 is 0 Å². The second-order valence-corrected chi connectivity index (χ2v) is 4.51. The Morgan fingerprint density at radius 3 is 2.79 bits per heavy atom. The van der Waals surface area contributed by atoms with Crippen LogP contribution >= 0.6 is 0 Å². The summed E-state index contributed by atoms with van der Waals surface area (Å²) in [6.45, 7) is 5.74. The zero-order chi connectivity index (χ0) is 10.0. The van der Waals surface area contributed by atoms with Gasteiger partial charge in [-0.05, 0) is 25.7 Å². The smallest absolute Gasteiger partial charge is 0.0799 e. The molecule has 0 amide bonds. The highest BCUT2D eigenvalue weighted by atomic mass is 16.5. The highest BCUT2D eigenvalue weighted by Gasteiger charge is 2.42. The highest BCUT2D eigenvalue weighted by molar-refractivity contribution is 4.97. The first kappa shape index (κ1) is 10.4. The Morgan fingerprint density at radius 2 is 2.14 bits per heavy atom. The Hall–Kier alpha value is -0.120. The van der Waals surface area contributed by atoms with E-state index in [1.54, 1.807) is 0 Å². The number of morpholine rings is 1. The molecule has 2 fully saturated rings. The number of ether oxygens (including phenoxy) is 1. The molecule has 0 spiro atoms. The molecule has 82 valence electrons. The normalized spacial score (nSPS) is 40.3. The molecule has 1 saturated heterocycles. The minimum absolute atomic E-state index is 0.386. The fraction of sp³-hybridized carbons (Fsp3) is 1.00. The molecule has 1 aliphatic heterocycles. The van der Waals surface area contributed by atoms with Gasteiger partial charge < -0.3 is 9.84 Å². The molecule has 1 N–H and O–H groups in total. The van der Waals surface area contributed by atoms with Gasteiger partial charge in [-0.2, -0.15) is 0 Å². The third-order valence-corrected chi connectivity index (χ3v) is 3.81. The van der Waals surface area contributed by atoms with E-state index in [0.717, 1.165) is 45.6 Å². The molecule has 1 heterocycles. The van der Waals surface area contributed by atoms with Gasteiger partial charge in [0.25, 0.3) is 0 Å². The van der Waals surface area contributed by atoms with Crippen LogP contribution in [0, 0.1) is 0 Å². The summed E-state index contributed by atoms with van der Waals surface area (Å²) in [5.41, 5.74) is -0.419. The molecule has 2 atom stereocenters. The summed E-state index contributed by atoms with van der Waals surface area (Å²) in [6, 6.07) is 0.386. The van der Waals surface area contributed by atoms with E-state index < -0.39 is 5.60 Å². The van der Waals surface area contributed by atoms with Crippen LogP contribution in [0.25, 0.3) is 0 Å². The first-order valence-corrected chi connectivity index (χ1v) is 5.80. The van der Waals surface area contributed by atoms with Crippen LogP contribution in [0.3, 0.4) is 0 Å². The van der Waals surface area contributed by atoms with Gasteiger partial charge in [-0.1, -0.05) is 6.92 Å². The van der Waals surface area contributed by atoms with Gasteiger partial charge in [0.2, 0.25) is 0 Å². The largest absolute Gasteiger partial charge is 0.388 e. The van der Waals surface area contributed by atoms with Crippen molar-refractivity contribution >= 4 is 0 Å². The summed E-state index contributed by atoms with van der Waals surface area (Å²) < 4.78 is 5.34. The number of aliphatic hydroxyl groups is 1. The predicted molar refractivity (Wildman–Crippen MR) is 55.3 cm³/mol. The lowest BCUT2D eigenvalue weighted by Crippen LogP contribution is -2.52. The van der Waals surface area contributed by atoms with Crippen LogP contribution in [0.2, 0.25) is 0 Å². The second kappa shape index (κ2) is 4.17. The van der Waals surface area contributed by atoms with Gasteiger partial charge in [0.05, 0.1) is 18.8 Å². The van der Waals surface area contributed by atoms with Crippen LogP contribution < -0.4 is 0 Å². The third-order valence-electron chi connectivity index (χ3n) is 3.81. The van der Waals surface area contributed by atoms with Gasteiger partial charge in [0.15, 0.2) is 0 Å². The number of nitrogens with zero attached hydrogens (tertiary/aromatic N) is 1. The molecule has 1 aliphatic carbocycles. The maximum atomic E-state index is 10.4. The lowest BCUT2D eigenvalue weighted by molar-refractivity contribution is -0.0632. The van der Waals surface area contributed by atoms with Crippen molar-refractivity contribution in [3.05, 3.63) is 0 Å². The molecule has 0 aromatic heterocycles. The summed E-state index contributed by atoms with van der Waals surface area (Å²) in [5, 5.41) is 10.4. The van der Waals surface area contributed by atoms with Crippen LogP contribution in [0.15, 0.2) is 0 Å². The van der Waals surface area contributed by atoms with Crippen LogP contribution in [0.5, 0.6) is 0 Å². The van der Waals surface area contributed by atoms with Crippen LogP contribution in [0.1, 0.15) is 32.6 Å². The van der Waals surface area contributed by atoms with Crippen molar-refractivity contribution in [2.24, 2.45) is 0 Å². The lowest BCUT2D eigenvalue weighted by atomic mass is 9.93. The van der Waals surface area contributed by atoms with E-state index in [4.69, 9.17) is 4.74 Å². The van der Waals surface area contributed by atoms with Gasteiger partial charge in [-0.15, -0.1) is 0 Å². The van der Waals surface area contributed by atoms with Gasteiger partial charge in [-0.3, -0.25) is 4.90 Å². The molecule has 2 aliphatic rings. The number of hydrogen-bond donors (Lipinski definition) is 1. The first-order valence-electron chi connectivity index (χ1n) is 5.80. The quantitative estimate of drug-likeness (QED) is 0.720. The standard InChI is InChI=1S/C11H21NO2/c1-2-11(13)5-3-4-10(11)12-6-8-14-9-7-12/h10,13H,2-9H2,1H3. The van der Waals surface area contributed by atoms with Crippen LogP contribution in [-0.2, 0) is 4.74 Å². The Bertz CT molecular complexity index is 192. The van der Waals surface area contributed by atoms with Crippen molar-refractivity contribution in [1.82, 2.24) is 4.90 Å². The van der Waals surface area contributed by atoms with Crippen LogP contribution in [0.4, 0.5) is 0 Å². The van der Waals surface area contributed by atoms with Crippen molar-refractivity contribution in [3.63, 3.8) is 0 Å². The lowest BCUT2D eigenvalue weighted by Gasteiger charge is -2.39. The Labute approximate surface area is 86.0 Å². The van der Waals surface area contributed by atoms with E-state index in [1.165, 1.54) is 6.42 Å². The summed E-state index contributed by atoms with van der Waals surface area (Å²) in [7, 11) is 0.